The molecule has 108 valence electrons. The first-order valence-electron chi connectivity index (χ1n) is 7.67. The van der Waals surface area contributed by atoms with Crippen LogP contribution < -0.4 is 5.32 Å². The fourth-order valence-corrected chi connectivity index (χ4v) is 2.86. The third-order valence-corrected chi connectivity index (χ3v) is 3.93. The standard InChI is InChI=1S/C15H32N2O/c1-5-16-15-8-6-7-14(15)9-10-17(4)11-12-18-13(2)3/h13-16H,5-12H2,1-4H3. The molecule has 0 saturated heterocycles. The topological polar surface area (TPSA) is 24.5 Å². The Morgan fingerprint density at radius 3 is 2.72 bits per heavy atom. The second-order valence-electron chi connectivity index (χ2n) is 5.87. The Kier molecular flexibility index (Phi) is 7.87. The molecule has 0 radical (unpaired) electrons. The molecule has 0 heterocycles. The molecule has 0 aliphatic heterocycles. The van der Waals surface area contributed by atoms with Gasteiger partial charge in [-0.2, -0.15) is 0 Å². The van der Waals surface area contributed by atoms with Gasteiger partial charge in [-0.25, -0.2) is 0 Å². The summed E-state index contributed by atoms with van der Waals surface area (Å²) in [5, 5.41) is 3.63. The summed E-state index contributed by atoms with van der Waals surface area (Å²) in [6.45, 7) is 10.6. The smallest absolute Gasteiger partial charge is 0.0596 e. The minimum absolute atomic E-state index is 0.353. The second kappa shape index (κ2) is 8.89. The van der Waals surface area contributed by atoms with E-state index in [1.165, 1.54) is 32.2 Å². The lowest BCUT2D eigenvalue weighted by molar-refractivity contribution is 0.0628. The van der Waals surface area contributed by atoms with Gasteiger partial charge in [0.05, 0.1) is 12.7 Å². The van der Waals surface area contributed by atoms with Crippen LogP contribution in [0, 0.1) is 5.92 Å². The van der Waals surface area contributed by atoms with E-state index in [4.69, 9.17) is 4.74 Å². The highest BCUT2D eigenvalue weighted by molar-refractivity contribution is 4.83. The molecule has 2 unspecified atom stereocenters. The van der Waals surface area contributed by atoms with Crippen molar-refractivity contribution in [1.82, 2.24) is 10.2 Å². The molecule has 1 fully saturated rings. The fraction of sp³-hybridized carbons (Fsp3) is 1.00. The van der Waals surface area contributed by atoms with Gasteiger partial charge >= 0.3 is 0 Å². The maximum Gasteiger partial charge on any atom is 0.0596 e. The lowest BCUT2D eigenvalue weighted by atomic mass is 9.99. The first kappa shape index (κ1) is 15.9. The van der Waals surface area contributed by atoms with Crippen molar-refractivity contribution in [2.24, 2.45) is 5.92 Å². The van der Waals surface area contributed by atoms with Gasteiger partial charge in [0.25, 0.3) is 0 Å². The average molecular weight is 256 g/mol. The van der Waals surface area contributed by atoms with Crippen molar-refractivity contribution < 1.29 is 4.74 Å². The van der Waals surface area contributed by atoms with E-state index < -0.39 is 0 Å². The highest BCUT2D eigenvalue weighted by atomic mass is 16.5. The lowest BCUT2D eigenvalue weighted by Gasteiger charge is -2.24. The van der Waals surface area contributed by atoms with Crippen molar-refractivity contribution in [3.63, 3.8) is 0 Å². The van der Waals surface area contributed by atoms with E-state index in [0.717, 1.165) is 31.7 Å². The van der Waals surface area contributed by atoms with Crippen LogP contribution in [0.1, 0.15) is 46.5 Å². The van der Waals surface area contributed by atoms with Crippen LogP contribution in [0.3, 0.4) is 0 Å². The first-order chi connectivity index (χ1) is 8.63. The SMILES string of the molecule is CCNC1CCCC1CCN(C)CCOC(C)C. The number of nitrogens with zero attached hydrogens (tertiary/aromatic N) is 1. The summed E-state index contributed by atoms with van der Waals surface area (Å²) in [6.07, 6.45) is 5.87. The first-order valence-corrected chi connectivity index (χ1v) is 7.67. The van der Waals surface area contributed by atoms with E-state index in [0.29, 0.717) is 6.10 Å². The van der Waals surface area contributed by atoms with Gasteiger partial charge in [0.1, 0.15) is 0 Å². The zero-order valence-corrected chi connectivity index (χ0v) is 12.7. The van der Waals surface area contributed by atoms with Gasteiger partial charge in [-0.3, -0.25) is 0 Å². The molecule has 1 aliphatic rings. The number of likely N-dealkylation sites (N-methyl/N-ethyl adjacent to an activating group) is 1. The molecule has 1 rings (SSSR count). The van der Waals surface area contributed by atoms with Crippen LogP contribution in [0.4, 0.5) is 0 Å². The van der Waals surface area contributed by atoms with Crippen LogP contribution >= 0.6 is 0 Å². The molecule has 0 bridgehead atoms. The van der Waals surface area contributed by atoms with E-state index in [-0.39, 0.29) is 0 Å². The van der Waals surface area contributed by atoms with Gasteiger partial charge in [-0.05, 0) is 59.2 Å². The van der Waals surface area contributed by atoms with Gasteiger partial charge in [-0.15, -0.1) is 0 Å². The molecule has 18 heavy (non-hydrogen) atoms. The number of nitrogens with one attached hydrogen (secondary N) is 1. The molecule has 1 N–H and O–H groups in total. The van der Waals surface area contributed by atoms with Crippen molar-refractivity contribution >= 4 is 0 Å². The molecule has 0 aromatic heterocycles. The molecule has 3 nitrogen and oxygen atoms in total. The Morgan fingerprint density at radius 2 is 2.06 bits per heavy atom. The van der Waals surface area contributed by atoms with E-state index in [2.05, 4.69) is 38.0 Å². The zero-order chi connectivity index (χ0) is 13.4. The van der Waals surface area contributed by atoms with Gasteiger partial charge < -0.3 is 15.0 Å². The van der Waals surface area contributed by atoms with Crippen LogP contribution in [0.25, 0.3) is 0 Å². The van der Waals surface area contributed by atoms with E-state index >= 15 is 0 Å². The molecule has 0 amide bonds. The quantitative estimate of drug-likeness (QED) is 0.686. The second-order valence-corrected chi connectivity index (χ2v) is 5.87. The lowest BCUT2D eigenvalue weighted by Crippen LogP contribution is -2.34. The maximum absolute atomic E-state index is 5.59. The normalized spacial score (nSPS) is 24.3. The Bertz CT molecular complexity index is 209. The molecule has 0 spiro atoms. The van der Waals surface area contributed by atoms with E-state index in [1.54, 1.807) is 0 Å². The highest BCUT2D eigenvalue weighted by Gasteiger charge is 2.25. The third-order valence-electron chi connectivity index (χ3n) is 3.93. The van der Waals surface area contributed by atoms with Crippen LogP contribution in [0.2, 0.25) is 0 Å². The van der Waals surface area contributed by atoms with Crippen molar-refractivity contribution in [2.75, 3.05) is 33.3 Å². The summed E-state index contributed by atoms with van der Waals surface area (Å²) < 4.78 is 5.59. The van der Waals surface area contributed by atoms with Crippen molar-refractivity contribution in [3.05, 3.63) is 0 Å². The minimum Gasteiger partial charge on any atom is -0.377 e. The summed E-state index contributed by atoms with van der Waals surface area (Å²) in [5.74, 6) is 0.887. The van der Waals surface area contributed by atoms with Crippen LogP contribution in [-0.4, -0.2) is 50.3 Å². The van der Waals surface area contributed by atoms with Crippen LogP contribution in [-0.2, 0) is 4.74 Å². The summed E-state index contributed by atoms with van der Waals surface area (Å²) in [4.78, 5) is 2.41. The predicted molar refractivity (Wildman–Crippen MR) is 78.0 cm³/mol. The monoisotopic (exact) mass is 256 g/mol. The Labute approximate surface area is 113 Å². The van der Waals surface area contributed by atoms with Crippen molar-refractivity contribution in [2.45, 2.75) is 58.6 Å². The summed E-state index contributed by atoms with van der Waals surface area (Å²) >= 11 is 0. The molecular weight excluding hydrogens is 224 g/mol. The summed E-state index contributed by atoms with van der Waals surface area (Å²) in [7, 11) is 2.21. The number of ether oxygens (including phenoxy) is 1. The summed E-state index contributed by atoms with van der Waals surface area (Å²) in [5.41, 5.74) is 0. The Hall–Kier alpha value is -0.120. The molecule has 1 aliphatic carbocycles. The van der Waals surface area contributed by atoms with Crippen LogP contribution in [0.15, 0.2) is 0 Å². The minimum atomic E-state index is 0.353. The Balaban J connectivity index is 2.11. The number of hydrogen-bond donors (Lipinski definition) is 1. The van der Waals surface area contributed by atoms with Crippen molar-refractivity contribution in [1.29, 1.82) is 0 Å². The predicted octanol–water partition coefficient (Wildman–Crippen LogP) is 2.51. The molecule has 1 saturated carbocycles. The van der Waals surface area contributed by atoms with Gasteiger partial charge in [0.2, 0.25) is 0 Å². The zero-order valence-electron chi connectivity index (χ0n) is 12.7. The molecule has 2 atom stereocenters. The maximum atomic E-state index is 5.59. The third kappa shape index (κ3) is 6.17. The van der Waals surface area contributed by atoms with Gasteiger partial charge in [-0.1, -0.05) is 13.3 Å². The fourth-order valence-electron chi connectivity index (χ4n) is 2.86. The molecule has 0 aromatic rings. The Morgan fingerprint density at radius 1 is 1.28 bits per heavy atom. The van der Waals surface area contributed by atoms with E-state index in [1.807, 2.05) is 0 Å². The average Bonchev–Trinajstić information content (AvgIpc) is 2.74. The molecule has 0 aromatic carbocycles. The van der Waals surface area contributed by atoms with Crippen molar-refractivity contribution in [3.8, 4) is 0 Å². The molecule has 3 heteroatoms. The highest BCUT2D eigenvalue weighted by Crippen LogP contribution is 2.28. The largest absolute Gasteiger partial charge is 0.377 e. The van der Waals surface area contributed by atoms with Gasteiger partial charge in [0.15, 0.2) is 0 Å². The number of rotatable bonds is 9. The number of hydrogen-bond acceptors (Lipinski definition) is 3. The van der Waals surface area contributed by atoms with E-state index in [9.17, 15) is 0 Å². The molecular formula is C15H32N2O. The van der Waals surface area contributed by atoms with Crippen LogP contribution in [0.5, 0.6) is 0 Å². The van der Waals surface area contributed by atoms with Gasteiger partial charge in [0, 0.05) is 12.6 Å². The summed E-state index contributed by atoms with van der Waals surface area (Å²) in [6, 6.07) is 0.773.